The molecule has 170 valence electrons. The summed E-state index contributed by atoms with van der Waals surface area (Å²) in [6.45, 7) is 9.67. The number of amides is 1. The molecule has 0 spiro atoms. The molecule has 1 amide bonds. The Morgan fingerprint density at radius 2 is 1.87 bits per heavy atom. The van der Waals surface area contributed by atoms with Crippen LogP contribution in [0.25, 0.3) is 0 Å². The molecule has 0 aliphatic rings. The van der Waals surface area contributed by atoms with Crippen molar-refractivity contribution < 1.29 is 9.53 Å². The Bertz CT molecular complexity index is 856. The number of thiazole rings is 1. The fraction of sp³-hybridized carbons (Fsp3) is 0.522. The largest absolute Gasteiger partial charge is 0.444 e. The van der Waals surface area contributed by atoms with E-state index in [0.29, 0.717) is 13.1 Å². The lowest BCUT2D eigenvalue weighted by Crippen LogP contribution is -2.37. The lowest BCUT2D eigenvalue weighted by molar-refractivity contribution is 0.0285. The van der Waals surface area contributed by atoms with E-state index in [0.717, 1.165) is 42.2 Å². The number of benzene rings is 1. The number of guanidine groups is 1. The highest BCUT2D eigenvalue weighted by molar-refractivity contribution is 7.09. The van der Waals surface area contributed by atoms with Crippen LogP contribution >= 0.6 is 11.3 Å². The van der Waals surface area contributed by atoms with Crippen molar-refractivity contribution in [3.8, 4) is 0 Å². The molecule has 0 bridgehead atoms. The molecule has 2 aromatic rings. The first-order valence-corrected chi connectivity index (χ1v) is 11.5. The molecule has 0 fully saturated rings. The fourth-order valence-electron chi connectivity index (χ4n) is 2.78. The van der Waals surface area contributed by atoms with E-state index in [2.05, 4.69) is 45.0 Å². The van der Waals surface area contributed by atoms with Crippen LogP contribution in [0.3, 0.4) is 0 Å². The Balaban J connectivity index is 1.76. The van der Waals surface area contributed by atoms with Crippen LogP contribution in [0.5, 0.6) is 0 Å². The molecular weight excluding hydrogens is 410 g/mol. The summed E-state index contributed by atoms with van der Waals surface area (Å²) in [5.41, 5.74) is 2.82. The van der Waals surface area contributed by atoms with Gasteiger partial charge in [0.05, 0.1) is 10.7 Å². The van der Waals surface area contributed by atoms with E-state index in [1.165, 1.54) is 5.01 Å². The molecule has 2 rings (SSSR count). The Kier molecular flexibility index (Phi) is 9.30. The minimum Gasteiger partial charge on any atom is -0.444 e. The Hall–Kier alpha value is -2.61. The number of ether oxygens (including phenoxy) is 1. The number of aliphatic imine (C=N–C) groups is 1. The SMILES string of the molecule is CCc1nc(CCNC(=NC)NCc2ccc(CN(C)C(=O)OC(C)(C)C)cc2)cs1. The molecule has 0 atom stereocenters. The number of rotatable bonds is 8. The third-order valence-corrected chi connectivity index (χ3v) is 5.45. The zero-order valence-electron chi connectivity index (χ0n) is 19.5. The quantitative estimate of drug-likeness (QED) is 0.475. The first-order valence-electron chi connectivity index (χ1n) is 10.6. The topological polar surface area (TPSA) is 78.9 Å². The van der Waals surface area contributed by atoms with Crippen molar-refractivity contribution in [3.63, 3.8) is 0 Å². The molecular formula is C23H35N5O2S. The fourth-order valence-corrected chi connectivity index (χ4v) is 3.56. The number of nitrogens with zero attached hydrogens (tertiary/aromatic N) is 3. The van der Waals surface area contributed by atoms with Gasteiger partial charge in [-0.25, -0.2) is 9.78 Å². The maximum Gasteiger partial charge on any atom is 0.410 e. The van der Waals surface area contributed by atoms with Crippen LogP contribution in [0.2, 0.25) is 0 Å². The normalized spacial score (nSPS) is 11.9. The van der Waals surface area contributed by atoms with Crippen molar-refractivity contribution in [3.05, 3.63) is 51.5 Å². The van der Waals surface area contributed by atoms with Gasteiger partial charge in [-0.15, -0.1) is 11.3 Å². The van der Waals surface area contributed by atoms with E-state index < -0.39 is 5.60 Å². The monoisotopic (exact) mass is 445 g/mol. The van der Waals surface area contributed by atoms with Crippen LogP contribution in [0.4, 0.5) is 4.79 Å². The standard InChI is InChI=1S/C23H35N5O2S/c1-7-20-27-19(16-31-20)12-13-25-21(24-5)26-14-17-8-10-18(11-9-17)15-28(6)22(29)30-23(2,3)4/h8-11,16H,7,12-15H2,1-6H3,(H2,24,25,26). The van der Waals surface area contributed by atoms with E-state index in [-0.39, 0.29) is 6.09 Å². The molecule has 1 aromatic carbocycles. The number of nitrogens with one attached hydrogen (secondary N) is 2. The minimum absolute atomic E-state index is 0.323. The summed E-state index contributed by atoms with van der Waals surface area (Å²) in [7, 11) is 3.51. The lowest BCUT2D eigenvalue weighted by Gasteiger charge is -2.24. The van der Waals surface area contributed by atoms with Gasteiger partial charge >= 0.3 is 6.09 Å². The summed E-state index contributed by atoms with van der Waals surface area (Å²) in [5.74, 6) is 0.764. The summed E-state index contributed by atoms with van der Waals surface area (Å²) >= 11 is 1.72. The summed E-state index contributed by atoms with van der Waals surface area (Å²) in [6, 6.07) is 8.17. The van der Waals surface area contributed by atoms with Gasteiger partial charge in [0.25, 0.3) is 0 Å². The van der Waals surface area contributed by atoms with Gasteiger partial charge in [0, 0.05) is 45.5 Å². The molecule has 0 saturated heterocycles. The summed E-state index contributed by atoms with van der Waals surface area (Å²) in [6.07, 6.45) is 1.53. The van der Waals surface area contributed by atoms with Gasteiger partial charge in [0.2, 0.25) is 0 Å². The van der Waals surface area contributed by atoms with Crippen LogP contribution in [-0.4, -0.2) is 48.2 Å². The van der Waals surface area contributed by atoms with Gasteiger partial charge in [-0.2, -0.15) is 0 Å². The van der Waals surface area contributed by atoms with Gasteiger partial charge in [-0.3, -0.25) is 4.99 Å². The van der Waals surface area contributed by atoms with Gasteiger partial charge in [-0.05, 0) is 38.3 Å². The highest BCUT2D eigenvalue weighted by Crippen LogP contribution is 2.12. The number of hydrogen-bond donors (Lipinski definition) is 2. The predicted molar refractivity (Wildman–Crippen MR) is 128 cm³/mol. The number of carbonyl (C=O) groups excluding carboxylic acids is 1. The minimum atomic E-state index is -0.494. The molecule has 0 unspecified atom stereocenters. The lowest BCUT2D eigenvalue weighted by atomic mass is 10.1. The third-order valence-electron chi connectivity index (χ3n) is 4.41. The smallest absolute Gasteiger partial charge is 0.410 e. The second kappa shape index (κ2) is 11.7. The van der Waals surface area contributed by atoms with Crippen molar-refractivity contribution in [1.82, 2.24) is 20.5 Å². The molecule has 31 heavy (non-hydrogen) atoms. The molecule has 8 heteroatoms. The van der Waals surface area contributed by atoms with Gasteiger partial charge < -0.3 is 20.3 Å². The second-order valence-electron chi connectivity index (χ2n) is 8.34. The number of carbonyl (C=O) groups is 1. The molecule has 0 aliphatic carbocycles. The predicted octanol–water partition coefficient (Wildman–Crippen LogP) is 3.98. The number of aryl methyl sites for hydroxylation is 1. The van der Waals surface area contributed by atoms with E-state index in [9.17, 15) is 4.79 Å². The zero-order chi connectivity index (χ0) is 22.9. The van der Waals surface area contributed by atoms with E-state index in [1.54, 1.807) is 30.3 Å². The Morgan fingerprint density at radius 3 is 2.45 bits per heavy atom. The van der Waals surface area contributed by atoms with Crippen LogP contribution in [0.1, 0.15) is 49.5 Å². The van der Waals surface area contributed by atoms with Crippen molar-refractivity contribution >= 4 is 23.4 Å². The van der Waals surface area contributed by atoms with Crippen LogP contribution < -0.4 is 10.6 Å². The maximum absolute atomic E-state index is 12.1. The molecule has 1 aromatic heterocycles. The third kappa shape index (κ3) is 8.96. The summed E-state index contributed by atoms with van der Waals surface area (Å²) < 4.78 is 5.39. The van der Waals surface area contributed by atoms with Crippen molar-refractivity contribution in [2.75, 3.05) is 20.6 Å². The van der Waals surface area contributed by atoms with Gasteiger partial charge in [0.15, 0.2) is 5.96 Å². The molecule has 2 N–H and O–H groups in total. The molecule has 0 saturated carbocycles. The van der Waals surface area contributed by atoms with Crippen LogP contribution in [-0.2, 0) is 30.7 Å². The number of hydrogen-bond acceptors (Lipinski definition) is 5. The van der Waals surface area contributed by atoms with Crippen LogP contribution in [0, 0.1) is 0 Å². The van der Waals surface area contributed by atoms with E-state index >= 15 is 0 Å². The Morgan fingerprint density at radius 1 is 1.19 bits per heavy atom. The zero-order valence-corrected chi connectivity index (χ0v) is 20.3. The molecule has 0 radical (unpaired) electrons. The Labute approximate surface area is 189 Å². The van der Waals surface area contributed by atoms with Crippen molar-refractivity contribution in [1.29, 1.82) is 0 Å². The van der Waals surface area contributed by atoms with Crippen molar-refractivity contribution in [2.45, 2.75) is 59.2 Å². The first-order chi connectivity index (χ1) is 14.7. The highest BCUT2D eigenvalue weighted by atomic mass is 32.1. The average Bonchev–Trinajstić information content (AvgIpc) is 3.18. The first kappa shape index (κ1) is 24.7. The van der Waals surface area contributed by atoms with Crippen molar-refractivity contribution in [2.24, 2.45) is 4.99 Å². The van der Waals surface area contributed by atoms with Crippen LogP contribution in [0.15, 0.2) is 34.6 Å². The molecule has 7 nitrogen and oxygen atoms in total. The highest BCUT2D eigenvalue weighted by Gasteiger charge is 2.19. The second-order valence-corrected chi connectivity index (χ2v) is 9.28. The summed E-state index contributed by atoms with van der Waals surface area (Å²) in [5, 5.41) is 9.96. The van der Waals surface area contributed by atoms with E-state index in [4.69, 9.17) is 4.74 Å². The number of aromatic nitrogens is 1. The van der Waals surface area contributed by atoms with Gasteiger partial charge in [-0.1, -0.05) is 31.2 Å². The maximum atomic E-state index is 12.1. The molecule has 0 aliphatic heterocycles. The average molecular weight is 446 g/mol. The van der Waals surface area contributed by atoms with Gasteiger partial charge in [0.1, 0.15) is 5.60 Å². The van der Waals surface area contributed by atoms with E-state index in [1.807, 2.05) is 32.9 Å². The molecule has 1 heterocycles. The summed E-state index contributed by atoms with van der Waals surface area (Å²) in [4.78, 5) is 22.6.